The zero-order valence-corrected chi connectivity index (χ0v) is 32.5. The van der Waals surface area contributed by atoms with Crippen molar-refractivity contribution in [3.63, 3.8) is 0 Å². The molecule has 9 N–H and O–H groups in total. The van der Waals surface area contributed by atoms with Gasteiger partial charge in [-0.2, -0.15) is 57.0 Å². The average Bonchev–Trinajstić information content (AvgIpc) is 3.04. The smallest absolute Gasteiger partial charge is 0.296 e. The van der Waals surface area contributed by atoms with E-state index in [4.69, 9.17) is 28.9 Å². The third-order valence-corrected chi connectivity index (χ3v) is 11.7. The maximum Gasteiger partial charge on any atom is 0.296 e. The van der Waals surface area contributed by atoms with Crippen LogP contribution in [0, 0.1) is 0 Å². The molecular weight excluding hydrogens is 914 g/mol. The molecule has 5 rings (SSSR count). The Labute approximate surface area is 328 Å². The van der Waals surface area contributed by atoms with Gasteiger partial charge in [0.1, 0.15) is 42.3 Å². The van der Waals surface area contributed by atoms with Crippen molar-refractivity contribution in [3.8, 4) is 5.75 Å². The van der Waals surface area contributed by atoms with Gasteiger partial charge in [0.25, 0.3) is 50.6 Å². The minimum atomic E-state index is -5.49. The van der Waals surface area contributed by atoms with Crippen LogP contribution in [-0.4, -0.2) is 84.9 Å². The predicted octanol–water partition coefficient (Wildman–Crippen LogP) is 4.43. The lowest BCUT2D eigenvalue weighted by atomic mass is 10.1. The summed E-state index contributed by atoms with van der Waals surface area (Å²) in [6.07, 6.45) is 0. The van der Waals surface area contributed by atoms with Gasteiger partial charge < -0.3 is 16.2 Å². The number of nitrogens with one attached hydrogen (secondary N) is 1. The van der Waals surface area contributed by atoms with E-state index in [1.54, 1.807) is 0 Å². The number of aromatic nitrogens is 3. The topological polar surface area (TPSA) is 418 Å². The summed E-state index contributed by atoms with van der Waals surface area (Å²) in [5, 5.41) is 25.7. The van der Waals surface area contributed by atoms with E-state index in [1.807, 2.05) is 0 Å². The lowest BCUT2D eigenvalue weighted by Gasteiger charge is -2.14. The molecule has 25 nitrogen and oxygen atoms in total. The minimum Gasteiger partial charge on any atom is -0.505 e. The molecular formula is C25H17Cl2N9O16S5. The first kappa shape index (κ1) is 43.0. The highest BCUT2D eigenvalue weighted by Gasteiger charge is 2.29. The van der Waals surface area contributed by atoms with E-state index in [2.05, 4.69) is 40.7 Å². The maximum absolute atomic E-state index is 12.5. The molecule has 0 aliphatic carbocycles. The van der Waals surface area contributed by atoms with Crippen LogP contribution in [0.1, 0.15) is 0 Å². The van der Waals surface area contributed by atoms with Gasteiger partial charge in [0.15, 0.2) is 5.75 Å². The molecule has 0 unspecified atom stereocenters. The molecule has 0 amide bonds. The Kier molecular flexibility index (Phi) is 11.3. The number of fused-ring (bicyclic) bond motifs is 1. The number of phenolic OH excluding ortho intramolecular Hbond substituents is 1. The quantitative estimate of drug-likeness (QED) is 0.0516. The van der Waals surface area contributed by atoms with Crippen molar-refractivity contribution in [1.29, 1.82) is 0 Å². The van der Waals surface area contributed by atoms with Crippen molar-refractivity contribution in [2.75, 3.05) is 11.1 Å². The molecule has 1 heterocycles. The number of hydrogen-bond acceptors (Lipinski definition) is 20. The van der Waals surface area contributed by atoms with Crippen molar-refractivity contribution < 1.29 is 70.0 Å². The van der Waals surface area contributed by atoms with Crippen LogP contribution >= 0.6 is 23.2 Å². The summed E-state index contributed by atoms with van der Waals surface area (Å²) in [5.41, 5.74) is 0.798. The van der Waals surface area contributed by atoms with Gasteiger partial charge in [0.05, 0.1) is 16.0 Å². The molecule has 0 saturated heterocycles. The summed E-state index contributed by atoms with van der Waals surface area (Å²) >= 11 is 11.5. The molecule has 0 spiro atoms. The predicted molar refractivity (Wildman–Crippen MR) is 193 cm³/mol. The van der Waals surface area contributed by atoms with Crippen molar-refractivity contribution in [2.45, 2.75) is 24.5 Å². The van der Waals surface area contributed by atoms with Crippen LogP contribution in [0.25, 0.3) is 10.8 Å². The van der Waals surface area contributed by atoms with Crippen LogP contribution in [0.3, 0.4) is 0 Å². The van der Waals surface area contributed by atoms with E-state index in [-0.39, 0.29) is 22.2 Å². The van der Waals surface area contributed by atoms with Crippen LogP contribution in [0.15, 0.2) is 93.5 Å². The number of aromatic hydroxyl groups is 1. The maximum atomic E-state index is 12.5. The Hall–Kier alpha value is -5.12. The van der Waals surface area contributed by atoms with Crippen LogP contribution in [-0.2, 0) is 50.6 Å². The lowest BCUT2D eigenvalue weighted by Crippen LogP contribution is -2.04. The molecule has 0 fully saturated rings. The Morgan fingerprint density at radius 3 is 1.51 bits per heavy atom. The molecule has 0 bridgehead atoms. The summed E-state index contributed by atoms with van der Waals surface area (Å²) in [6.45, 7) is 0. The van der Waals surface area contributed by atoms with Gasteiger partial charge in [-0.25, -0.2) is 0 Å². The molecule has 0 saturated carbocycles. The first-order valence-corrected chi connectivity index (χ1v) is 22.0. The van der Waals surface area contributed by atoms with Crippen molar-refractivity contribution in [3.05, 3.63) is 59.1 Å². The number of nitrogen functional groups attached to an aromatic ring is 1. The van der Waals surface area contributed by atoms with Crippen molar-refractivity contribution in [1.82, 2.24) is 15.0 Å². The van der Waals surface area contributed by atoms with Gasteiger partial charge >= 0.3 is 0 Å². The summed E-state index contributed by atoms with van der Waals surface area (Å²) in [6, 6.07) is 5.02. The average molecular weight is 931 g/mol. The van der Waals surface area contributed by atoms with Gasteiger partial charge in [-0.1, -0.05) is 0 Å². The van der Waals surface area contributed by atoms with E-state index >= 15 is 0 Å². The number of anilines is 3. The van der Waals surface area contributed by atoms with Crippen LogP contribution in [0.4, 0.5) is 40.1 Å². The summed E-state index contributed by atoms with van der Waals surface area (Å²) in [5.74, 6) is -1.64. The Morgan fingerprint density at radius 2 is 1.02 bits per heavy atom. The summed E-state index contributed by atoms with van der Waals surface area (Å²) in [4.78, 5) is 5.30. The van der Waals surface area contributed by atoms with E-state index in [0.29, 0.717) is 30.3 Å². The number of nitrogens with two attached hydrogens (primary N) is 1. The number of azo groups is 2. The largest absolute Gasteiger partial charge is 0.505 e. The third kappa shape index (κ3) is 9.54. The standard InChI is InChI=1S/C25H17Cl2N9O16S5/c26-23-30-24(27)32-25(31-23)29-10-1-3-14(54(41,42)43)12(7-10)33-36-21-17(57(50,51)52)6-9-5-16(56(47,48)49)20(19(28)18(9)22(21)37)35-34-13-8-11(53(38,39)40)2-4-15(13)55(44,45)46/h1-8,37H,28H2,(H,38,39,40)(H,41,42,43)(H,44,45,46)(H,47,48,49)(H,50,51,52)(H,29,30,31,32). The van der Waals surface area contributed by atoms with Gasteiger partial charge in [-0.05, 0) is 77.1 Å². The van der Waals surface area contributed by atoms with Crippen molar-refractivity contribution >= 4 is 125 Å². The molecule has 302 valence electrons. The normalized spacial score (nSPS) is 13.2. The molecule has 0 aliphatic heterocycles. The van der Waals surface area contributed by atoms with E-state index in [0.717, 1.165) is 18.2 Å². The van der Waals surface area contributed by atoms with E-state index in [9.17, 15) is 70.0 Å². The third-order valence-electron chi connectivity index (χ3n) is 6.97. The van der Waals surface area contributed by atoms with E-state index < -0.39 is 120 Å². The molecule has 32 heteroatoms. The van der Waals surface area contributed by atoms with Gasteiger partial charge in [-0.15, -0.1) is 20.5 Å². The second kappa shape index (κ2) is 15.0. The highest BCUT2D eigenvalue weighted by atomic mass is 35.5. The fourth-order valence-corrected chi connectivity index (χ4v) is 8.07. The number of hydrogen-bond donors (Lipinski definition) is 8. The SMILES string of the molecule is Nc1c(N=Nc2cc(S(=O)(=O)O)ccc2S(=O)(=O)O)c(S(=O)(=O)O)cc2cc(S(=O)(=O)O)c(N=Nc3cc(Nc4nc(Cl)nc(Cl)n4)ccc3S(=O)(=O)O)c(O)c12. The molecule has 1 aromatic heterocycles. The Morgan fingerprint density at radius 1 is 0.561 bits per heavy atom. The Bertz CT molecular complexity index is 3170. The fourth-order valence-electron chi connectivity index (χ4n) is 4.67. The van der Waals surface area contributed by atoms with Crippen molar-refractivity contribution in [2.24, 2.45) is 20.5 Å². The monoisotopic (exact) mass is 929 g/mol. The number of nitrogens with zero attached hydrogens (tertiary/aromatic N) is 7. The molecule has 4 aromatic carbocycles. The molecule has 0 aliphatic rings. The fraction of sp³-hybridized carbons (Fsp3) is 0. The Balaban J connectivity index is 1.78. The molecule has 0 atom stereocenters. The van der Waals surface area contributed by atoms with Gasteiger partial charge in [0, 0.05) is 5.69 Å². The molecule has 57 heavy (non-hydrogen) atoms. The van der Waals surface area contributed by atoms with Crippen LogP contribution in [0.2, 0.25) is 10.6 Å². The summed E-state index contributed by atoms with van der Waals surface area (Å²) in [7, 11) is -26.4. The zero-order chi connectivity index (χ0) is 42.6. The highest BCUT2D eigenvalue weighted by Crippen LogP contribution is 2.48. The van der Waals surface area contributed by atoms with Crippen LogP contribution in [0.5, 0.6) is 5.75 Å². The summed E-state index contributed by atoms with van der Waals surface area (Å²) < 4.78 is 170. The molecule has 5 aromatic rings. The minimum absolute atomic E-state index is 0.0938. The van der Waals surface area contributed by atoms with Gasteiger partial charge in [0.2, 0.25) is 16.5 Å². The molecule has 0 radical (unpaired) electrons. The number of phenols is 1. The second-order valence-corrected chi connectivity index (χ2v) is 18.4. The first-order valence-electron chi connectivity index (χ1n) is 14.0. The lowest BCUT2D eigenvalue weighted by molar-refractivity contribution is 0.472. The zero-order valence-electron chi connectivity index (χ0n) is 26.9. The van der Waals surface area contributed by atoms with Gasteiger partial charge in [-0.3, -0.25) is 22.8 Å². The highest BCUT2D eigenvalue weighted by molar-refractivity contribution is 7.87. The number of rotatable bonds is 11. The number of benzene rings is 4. The number of halogens is 2. The second-order valence-electron chi connectivity index (χ2n) is 10.7. The first-order chi connectivity index (χ1) is 26.1. The van der Waals surface area contributed by atoms with E-state index in [1.165, 1.54) is 0 Å². The van der Waals surface area contributed by atoms with Crippen LogP contribution < -0.4 is 11.1 Å².